The molecule has 3 rings (SSSR count). The number of rotatable bonds is 7. The molecule has 0 unspecified atom stereocenters. The second kappa shape index (κ2) is 10.6. The summed E-state index contributed by atoms with van der Waals surface area (Å²) in [5.74, 6) is -0.973. The SMILES string of the molecule is CN(C)c1ccc(C=C(NC(=O)c2ccccc2)C(=O)N/N=C/c2ccccc2O)cc1. The number of nitrogens with zero attached hydrogens (tertiary/aromatic N) is 2. The number of anilines is 1. The van der Waals surface area contributed by atoms with Gasteiger partial charge in [-0.05, 0) is 48.0 Å². The van der Waals surface area contributed by atoms with Gasteiger partial charge in [0.05, 0.1) is 6.21 Å². The number of hydrazone groups is 1. The highest BCUT2D eigenvalue weighted by Crippen LogP contribution is 2.15. The zero-order chi connectivity index (χ0) is 22.9. The van der Waals surface area contributed by atoms with E-state index in [0.717, 1.165) is 11.3 Å². The van der Waals surface area contributed by atoms with Crippen LogP contribution in [0.25, 0.3) is 6.08 Å². The Morgan fingerprint density at radius 1 is 0.906 bits per heavy atom. The summed E-state index contributed by atoms with van der Waals surface area (Å²) < 4.78 is 0. The monoisotopic (exact) mass is 428 g/mol. The number of amides is 2. The van der Waals surface area contributed by atoms with Crippen LogP contribution in [-0.2, 0) is 4.79 Å². The van der Waals surface area contributed by atoms with Crippen LogP contribution in [0.4, 0.5) is 5.69 Å². The summed E-state index contributed by atoms with van der Waals surface area (Å²) in [6.45, 7) is 0. The highest BCUT2D eigenvalue weighted by Gasteiger charge is 2.14. The number of para-hydroxylation sites is 1. The van der Waals surface area contributed by atoms with E-state index in [4.69, 9.17) is 0 Å². The van der Waals surface area contributed by atoms with Gasteiger partial charge in [-0.1, -0.05) is 42.5 Å². The second-order valence-electron chi connectivity index (χ2n) is 7.12. The van der Waals surface area contributed by atoms with E-state index < -0.39 is 11.8 Å². The summed E-state index contributed by atoms with van der Waals surface area (Å²) in [6.07, 6.45) is 2.90. The van der Waals surface area contributed by atoms with E-state index in [-0.39, 0.29) is 11.4 Å². The van der Waals surface area contributed by atoms with Crippen LogP contribution in [0.3, 0.4) is 0 Å². The molecule has 3 aromatic carbocycles. The van der Waals surface area contributed by atoms with Crippen molar-refractivity contribution in [1.29, 1.82) is 0 Å². The lowest BCUT2D eigenvalue weighted by molar-refractivity contribution is -0.117. The molecule has 0 aliphatic rings. The lowest BCUT2D eigenvalue weighted by Gasteiger charge is -2.12. The summed E-state index contributed by atoms with van der Waals surface area (Å²) in [5.41, 5.74) is 5.04. The van der Waals surface area contributed by atoms with Gasteiger partial charge in [0.1, 0.15) is 11.4 Å². The summed E-state index contributed by atoms with van der Waals surface area (Å²) in [7, 11) is 3.87. The van der Waals surface area contributed by atoms with E-state index in [2.05, 4.69) is 15.8 Å². The van der Waals surface area contributed by atoms with Crippen molar-refractivity contribution in [3.05, 3.63) is 101 Å². The van der Waals surface area contributed by atoms with E-state index in [1.807, 2.05) is 43.3 Å². The molecule has 0 bridgehead atoms. The topological polar surface area (TPSA) is 94.0 Å². The Kier molecular flexibility index (Phi) is 7.37. The highest BCUT2D eigenvalue weighted by molar-refractivity contribution is 6.05. The van der Waals surface area contributed by atoms with Crippen molar-refractivity contribution < 1.29 is 14.7 Å². The van der Waals surface area contributed by atoms with Gasteiger partial charge in [-0.15, -0.1) is 0 Å². The molecule has 0 atom stereocenters. The van der Waals surface area contributed by atoms with Gasteiger partial charge in [-0.2, -0.15) is 5.10 Å². The quantitative estimate of drug-likeness (QED) is 0.306. The molecule has 0 aliphatic heterocycles. The lowest BCUT2D eigenvalue weighted by atomic mass is 10.1. The molecule has 0 saturated carbocycles. The maximum Gasteiger partial charge on any atom is 0.287 e. The van der Waals surface area contributed by atoms with Gasteiger partial charge in [0.2, 0.25) is 0 Å². The fraction of sp³-hybridized carbons (Fsp3) is 0.0800. The van der Waals surface area contributed by atoms with Crippen molar-refractivity contribution in [2.24, 2.45) is 5.10 Å². The van der Waals surface area contributed by atoms with Crippen molar-refractivity contribution in [2.45, 2.75) is 0 Å². The van der Waals surface area contributed by atoms with E-state index in [9.17, 15) is 14.7 Å². The zero-order valence-corrected chi connectivity index (χ0v) is 17.8. The largest absolute Gasteiger partial charge is 0.507 e. The number of phenolic OH excluding ortho intramolecular Hbond substituents is 1. The first-order valence-electron chi connectivity index (χ1n) is 9.91. The van der Waals surface area contributed by atoms with Gasteiger partial charge >= 0.3 is 0 Å². The van der Waals surface area contributed by atoms with Gasteiger partial charge in [0.15, 0.2) is 0 Å². The van der Waals surface area contributed by atoms with E-state index in [0.29, 0.717) is 11.1 Å². The standard InChI is InChI=1S/C25H24N4O3/c1-29(2)21-14-12-18(13-15-21)16-22(27-24(31)19-8-4-3-5-9-19)25(32)28-26-17-20-10-6-7-11-23(20)30/h3-17,30H,1-2H3,(H,27,31)(H,28,32)/b22-16?,26-17+. The van der Waals surface area contributed by atoms with Gasteiger partial charge < -0.3 is 15.3 Å². The van der Waals surface area contributed by atoms with Gasteiger partial charge in [0, 0.05) is 30.9 Å². The fourth-order valence-corrected chi connectivity index (χ4v) is 2.80. The summed E-state index contributed by atoms with van der Waals surface area (Å²) >= 11 is 0. The van der Waals surface area contributed by atoms with Crippen molar-refractivity contribution in [1.82, 2.24) is 10.7 Å². The van der Waals surface area contributed by atoms with Crippen LogP contribution in [0, 0.1) is 0 Å². The minimum absolute atomic E-state index is 0.0332. The zero-order valence-electron chi connectivity index (χ0n) is 17.8. The predicted molar refractivity (Wildman–Crippen MR) is 126 cm³/mol. The Balaban J connectivity index is 1.82. The Labute approximate surface area is 186 Å². The highest BCUT2D eigenvalue weighted by atomic mass is 16.3. The Hall–Kier alpha value is -4.39. The minimum atomic E-state index is -0.599. The van der Waals surface area contributed by atoms with Crippen molar-refractivity contribution in [3.8, 4) is 5.75 Å². The molecule has 0 saturated heterocycles. The molecule has 0 aromatic heterocycles. The van der Waals surface area contributed by atoms with Crippen LogP contribution in [0.1, 0.15) is 21.5 Å². The Morgan fingerprint density at radius 3 is 2.22 bits per heavy atom. The Morgan fingerprint density at radius 2 is 1.56 bits per heavy atom. The summed E-state index contributed by atoms with van der Waals surface area (Å²) in [5, 5.41) is 16.4. The number of nitrogens with one attached hydrogen (secondary N) is 2. The molecule has 7 nitrogen and oxygen atoms in total. The molecule has 2 amide bonds. The molecule has 0 spiro atoms. The summed E-state index contributed by atoms with van der Waals surface area (Å²) in [4.78, 5) is 27.4. The van der Waals surface area contributed by atoms with Crippen molar-refractivity contribution >= 4 is 29.8 Å². The molecule has 0 heterocycles. The molecule has 0 radical (unpaired) electrons. The van der Waals surface area contributed by atoms with Crippen molar-refractivity contribution in [3.63, 3.8) is 0 Å². The molecule has 7 heteroatoms. The molecule has 0 fully saturated rings. The molecular formula is C25H24N4O3. The first kappa shape index (κ1) is 22.3. The molecule has 32 heavy (non-hydrogen) atoms. The van der Waals surface area contributed by atoms with Gasteiger partial charge in [-0.25, -0.2) is 5.43 Å². The first-order chi connectivity index (χ1) is 15.4. The molecule has 162 valence electrons. The third-order valence-electron chi connectivity index (χ3n) is 4.56. The normalized spacial score (nSPS) is 11.2. The predicted octanol–water partition coefficient (Wildman–Crippen LogP) is 3.38. The summed E-state index contributed by atoms with van der Waals surface area (Å²) in [6, 6.07) is 22.7. The van der Waals surface area contributed by atoms with Crippen LogP contribution < -0.4 is 15.6 Å². The maximum atomic E-state index is 12.8. The lowest BCUT2D eigenvalue weighted by Crippen LogP contribution is -2.32. The van der Waals surface area contributed by atoms with Crippen LogP contribution in [-0.4, -0.2) is 37.2 Å². The smallest absolute Gasteiger partial charge is 0.287 e. The van der Waals surface area contributed by atoms with Gasteiger partial charge in [-0.3, -0.25) is 9.59 Å². The maximum absolute atomic E-state index is 12.8. The van der Waals surface area contributed by atoms with Crippen LogP contribution in [0.2, 0.25) is 0 Å². The van der Waals surface area contributed by atoms with Crippen molar-refractivity contribution in [2.75, 3.05) is 19.0 Å². The van der Waals surface area contributed by atoms with Gasteiger partial charge in [0.25, 0.3) is 11.8 Å². The van der Waals surface area contributed by atoms with Crippen LogP contribution in [0.5, 0.6) is 5.75 Å². The second-order valence-corrected chi connectivity index (χ2v) is 7.12. The number of hydrogen-bond donors (Lipinski definition) is 3. The number of carbonyl (C=O) groups excluding carboxylic acids is 2. The van der Waals surface area contributed by atoms with E-state index in [1.54, 1.807) is 54.6 Å². The molecule has 3 aromatic rings. The molecule has 0 aliphatic carbocycles. The van der Waals surface area contributed by atoms with E-state index in [1.165, 1.54) is 12.3 Å². The minimum Gasteiger partial charge on any atom is -0.507 e. The number of benzene rings is 3. The molecular weight excluding hydrogens is 404 g/mol. The van der Waals surface area contributed by atoms with Crippen LogP contribution in [0.15, 0.2) is 89.7 Å². The average molecular weight is 428 g/mol. The third kappa shape index (κ3) is 6.06. The number of carbonyl (C=O) groups is 2. The third-order valence-corrected chi connectivity index (χ3v) is 4.56. The van der Waals surface area contributed by atoms with E-state index >= 15 is 0 Å². The first-order valence-corrected chi connectivity index (χ1v) is 9.91. The fourth-order valence-electron chi connectivity index (χ4n) is 2.80. The number of aromatic hydroxyl groups is 1. The number of phenols is 1. The number of hydrogen-bond acceptors (Lipinski definition) is 5. The average Bonchev–Trinajstić information content (AvgIpc) is 2.80. The Bertz CT molecular complexity index is 1140. The molecule has 3 N–H and O–H groups in total. The van der Waals surface area contributed by atoms with Crippen LogP contribution >= 0.6 is 0 Å².